The zero-order valence-corrected chi connectivity index (χ0v) is 21.2. The van der Waals surface area contributed by atoms with Gasteiger partial charge >= 0.3 is 17.9 Å². The summed E-state index contributed by atoms with van der Waals surface area (Å²) in [6.45, 7) is 13.6. The molecule has 7 heteroatoms. The van der Waals surface area contributed by atoms with Gasteiger partial charge in [-0.1, -0.05) is 31.6 Å². The van der Waals surface area contributed by atoms with E-state index in [0.717, 1.165) is 18.4 Å². The van der Waals surface area contributed by atoms with Crippen molar-refractivity contribution in [2.45, 2.75) is 98.6 Å². The highest BCUT2D eigenvalue weighted by atomic mass is 16.6. The van der Waals surface area contributed by atoms with E-state index in [1.54, 1.807) is 6.08 Å². The molecular weight excluding hydrogens is 424 g/mol. The Morgan fingerprint density at radius 1 is 1.06 bits per heavy atom. The van der Waals surface area contributed by atoms with Crippen molar-refractivity contribution in [2.24, 2.45) is 23.2 Å². The van der Waals surface area contributed by atoms with Gasteiger partial charge < -0.3 is 19.3 Å². The minimum Gasteiger partial charge on any atom is -0.462 e. The molecule has 2 rings (SSSR count). The molecule has 0 radical (unpaired) electrons. The molecule has 2 aliphatic carbocycles. The van der Waals surface area contributed by atoms with Crippen LogP contribution in [-0.2, 0) is 28.6 Å². The second-order valence-electron chi connectivity index (χ2n) is 10.6. The molecule has 1 saturated carbocycles. The average molecular weight is 465 g/mol. The number of aliphatic hydroxyl groups is 1. The molecule has 0 aliphatic heterocycles. The third-order valence-corrected chi connectivity index (χ3v) is 7.01. The number of allylic oxidation sites excluding steroid dienone is 1. The minimum atomic E-state index is -0.946. The van der Waals surface area contributed by atoms with Gasteiger partial charge in [-0.3, -0.25) is 14.4 Å². The fraction of sp³-hybridized carbons (Fsp3) is 0.731. The molecule has 2 aliphatic rings. The number of rotatable bonds is 4. The zero-order chi connectivity index (χ0) is 25.1. The quantitative estimate of drug-likeness (QED) is 0.379. The van der Waals surface area contributed by atoms with Crippen LogP contribution in [0.5, 0.6) is 0 Å². The summed E-state index contributed by atoms with van der Waals surface area (Å²) in [5.74, 6) is -1.75. The molecule has 0 spiro atoms. The molecule has 7 atom stereocenters. The van der Waals surface area contributed by atoms with E-state index < -0.39 is 35.9 Å². The van der Waals surface area contributed by atoms with Crippen molar-refractivity contribution in [1.29, 1.82) is 0 Å². The first kappa shape index (κ1) is 27.1. The van der Waals surface area contributed by atoms with E-state index in [-0.39, 0.29) is 29.1 Å². The van der Waals surface area contributed by atoms with E-state index in [0.29, 0.717) is 6.42 Å². The van der Waals surface area contributed by atoms with Crippen LogP contribution >= 0.6 is 0 Å². The van der Waals surface area contributed by atoms with E-state index in [4.69, 9.17) is 14.2 Å². The van der Waals surface area contributed by atoms with Gasteiger partial charge in [0.15, 0.2) is 6.10 Å². The molecule has 0 amide bonds. The number of hydrogen-bond acceptors (Lipinski definition) is 7. The lowest BCUT2D eigenvalue weighted by molar-refractivity contribution is -0.164. The maximum absolute atomic E-state index is 12.1. The summed E-state index contributed by atoms with van der Waals surface area (Å²) in [5.41, 5.74) is -0.442. The standard InChI is InChI=1S/C26H40O7/c1-15-13-21(31-17(3)27)23-20(25(6,7)30)10-12-26(23,8)11-9-16(2)24(33-19(5)29)22(14-15)32-18(4)28/h9,11,14,16,20-24,30H,10,12-13H2,1-8H3/b11-9+,15-14+/t16-,20-,21+,22-,23-,24-,26+/m1/s1. The number of carbonyl (C=O) groups is 3. The molecule has 0 aromatic carbocycles. The van der Waals surface area contributed by atoms with Crippen LogP contribution in [0.4, 0.5) is 0 Å². The maximum atomic E-state index is 12.1. The Morgan fingerprint density at radius 3 is 2.15 bits per heavy atom. The molecule has 7 nitrogen and oxygen atoms in total. The van der Waals surface area contributed by atoms with Gasteiger partial charge in [-0.05, 0) is 51.0 Å². The van der Waals surface area contributed by atoms with Crippen molar-refractivity contribution >= 4 is 17.9 Å². The lowest BCUT2D eigenvalue weighted by Gasteiger charge is -2.41. The number of hydrogen-bond donors (Lipinski definition) is 1. The van der Waals surface area contributed by atoms with Gasteiger partial charge in [-0.25, -0.2) is 0 Å². The first-order valence-corrected chi connectivity index (χ1v) is 11.7. The predicted molar refractivity (Wildman–Crippen MR) is 124 cm³/mol. The Hall–Kier alpha value is -2.15. The van der Waals surface area contributed by atoms with Crippen molar-refractivity contribution in [3.8, 4) is 0 Å². The minimum absolute atomic E-state index is 0.0751. The van der Waals surface area contributed by atoms with Gasteiger partial charge in [0.25, 0.3) is 0 Å². The molecule has 0 aromatic rings. The summed E-state index contributed by atoms with van der Waals surface area (Å²) >= 11 is 0. The highest BCUT2D eigenvalue weighted by molar-refractivity contribution is 5.68. The Morgan fingerprint density at radius 2 is 1.64 bits per heavy atom. The third-order valence-electron chi connectivity index (χ3n) is 7.01. The highest BCUT2D eigenvalue weighted by Crippen LogP contribution is 2.54. The van der Waals surface area contributed by atoms with Crippen LogP contribution in [-0.4, -0.2) is 46.9 Å². The van der Waals surface area contributed by atoms with Gasteiger partial charge in [0.2, 0.25) is 0 Å². The van der Waals surface area contributed by atoms with Crippen LogP contribution in [0.15, 0.2) is 23.8 Å². The van der Waals surface area contributed by atoms with E-state index in [2.05, 4.69) is 13.0 Å². The number of ether oxygens (including phenoxy) is 3. The monoisotopic (exact) mass is 464 g/mol. The van der Waals surface area contributed by atoms with Crippen molar-refractivity contribution in [2.75, 3.05) is 0 Å². The van der Waals surface area contributed by atoms with Crippen molar-refractivity contribution in [3.05, 3.63) is 23.8 Å². The Labute approximate surface area is 197 Å². The first-order chi connectivity index (χ1) is 15.1. The van der Waals surface area contributed by atoms with Gasteiger partial charge in [0.1, 0.15) is 12.2 Å². The van der Waals surface area contributed by atoms with E-state index in [1.165, 1.54) is 20.8 Å². The lowest BCUT2D eigenvalue weighted by atomic mass is 9.68. The number of esters is 3. The summed E-state index contributed by atoms with van der Waals surface area (Å²) < 4.78 is 17.0. The Bertz CT molecular complexity index is 806. The largest absolute Gasteiger partial charge is 0.462 e. The van der Waals surface area contributed by atoms with Crippen LogP contribution < -0.4 is 0 Å². The number of carbonyl (C=O) groups excluding carboxylic acids is 3. The van der Waals surface area contributed by atoms with Crippen molar-refractivity contribution in [1.82, 2.24) is 0 Å². The van der Waals surface area contributed by atoms with Gasteiger partial charge in [0.05, 0.1) is 5.60 Å². The average Bonchev–Trinajstić information content (AvgIpc) is 2.99. The van der Waals surface area contributed by atoms with Crippen LogP contribution in [0.1, 0.15) is 74.7 Å². The molecule has 33 heavy (non-hydrogen) atoms. The van der Waals surface area contributed by atoms with Crippen LogP contribution in [0.2, 0.25) is 0 Å². The summed E-state index contributed by atoms with van der Waals surface area (Å²) in [6, 6.07) is 0. The van der Waals surface area contributed by atoms with Gasteiger partial charge in [-0.2, -0.15) is 0 Å². The normalized spacial score (nSPS) is 37.5. The lowest BCUT2D eigenvalue weighted by Crippen LogP contribution is -2.44. The van der Waals surface area contributed by atoms with E-state index in [1.807, 2.05) is 33.8 Å². The molecule has 1 N–H and O–H groups in total. The van der Waals surface area contributed by atoms with Crippen LogP contribution in [0.25, 0.3) is 0 Å². The molecule has 0 bridgehead atoms. The number of fused-ring (bicyclic) bond motifs is 1. The second kappa shape index (κ2) is 10.4. The first-order valence-electron chi connectivity index (χ1n) is 11.7. The van der Waals surface area contributed by atoms with Gasteiger partial charge in [0, 0.05) is 39.0 Å². The van der Waals surface area contributed by atoms with E-state index >= 15 is 0 Å². The topological polar surface area (TPSA) is 99.1 Å². The molecule has 0 aromatic heterocycles. The smallest absolute Gasteiger partial charge is 0.303 e. The molecule has 186 valence electrons. The fourth-order valence-electron chi connectivity index (χ4n) is 5.60. The Balaban J connectivity index is 2.65. The molecular formula is C26H40O7. The second-order valence-corrected chi connectivity index (χ2v) is 10.6. The highest BCUT2D eigenvalue weighted by Gasteiger charge is 2.53. The Kier molecular flexibility index (Phi) is 8.55. The zero-order valence-electron chi connectivity index (χ0n) is 21.2. The van der Waals surface area contributed by atoms with Crippen LogP contribution in [0.3, 0.4) is 0 Å². The molecule has 0 heterocycles. The third kappa shape index (κ3) is 6.92. The fourth-order valence-corrected chi connectivity index (χ4v) is 5.60. The van der Waals surface area contributed by atoms with E-state index in [9.17, 15) is 19.5 Å². The summed E-state index contributed by atoms with van der Waals surface area (Å²) in [4.78, 5) is 35.8. The molecule has 0 saturated heterocycles. The summed E-state index contributed by atoms with van der Waals surface area (Å²) in [7, 11) is 0. The molecule has 1 fully saturated rings. The maximum Gasteiger partial charge on any atom is 0.303 e. The van der Waals surface area contributed by atoms with Crippen molar-refractivity contribution < 1.29 is 33.7 Å². The van der Waals surface area contributed by atoms with Crippen molar-refractivity contribution in [3.63, 3.8) is 0 Å². The SMILES string of the molecule is CC(=O)O[C@@H]1[C@H](C)/C=C/[C@@]2(C)CC[C@@H](C(C)(C)O)[C@@H]2[C@@H](OC(C)=O)C/C(C)=C/[C@H]1OC(C)=O. The summed E-state index contributed by atoms with van der Waals surface area (Å²) in [5, 5.41) is 11.0. The van der Waals surface area contributed by atoms with Crippen LogP contribution in [0, 0.1) is 23.2 Å². The van der Waals surface area contributed by atoms with Gasteiger partial charge in [-0.15, -0.1) is 0 Å². The summed E-state index contributed by atoms with van der Waals surface area (Å²) in [6.07, 6.45) is 5.97. The molecule has 0 unspecified atom stereocenters. The predicted octanol–water partition coefficient (Wildman–Crippen LogP) is 4.13.